The van der Waals surface area contributed by atoms with Crippen molar-refractivity contribution in [2.45, 2.75) is 45.1 Å². The van der Waals surface area contributed by atoms with Crippen LogP contribution < -0.4 is 4.90 Å². The fraction of sp³-hybridized carbons (Fsp3) is 0.643. The van der Waals surface area contributed by atoms with Crippen LogP contribution in [0.1, 0.15) is 44.7 Å². The normalized spacial score (nSPS) is 23.4. The van der Waals surface area contributed by atoms with Crippen molar-refractivity contribution in [1.29, 1.82) is 5.26 Å². The molecule has 0 spiro atoms. The van der Waals surface area contributed by atoms with Gasteiger partial charge >= 0.3 is 0 Å². The summed E-state index contributed by atoms with van der Waals surface area (Å²) < 4.78 is 0. The molecule has 18 heavy (non-hydrogen) atoms. The molecule has 0 radical (unpaired) electrons. The maximum Gasteiger partial charge on any atom is 0.183 e. The minimum absolute atomic E-state index is 0.428. The molecule has 0 N–H and O–H groups in total. The highest BCUT2D eigenvalue weighted by atomic mass is 15.2. The molecule has 96 valence electrons. The molecule has 0 aromatic carbocycles. The summed E-state index contributed by atoms with van der Waals surface area (Å²) in [5, 5.41) is 9.07. The van der Waals surface area contributed by atoms with Crippen molar-refractivity contribution in [1.82, 2.24) is 9.97 Å². The molecule has 1 heterocycles. The van der Waals surface area contributed by atoms with Gasteiger partial charge < -0.3 is 4.90 Å². The third kappa shape index (κ3) is 2.61. The van der Waals surface area contributed by atoms with E-state index in [4.69, 9.17) is 5.26 Å². The van der Waals surface area contributed by atoms with Crippen LogP contribution in [0.3, 0.4) is 0 Å². The third-order valence-electron chi connectivity index (χ3n) is 4.06. The predicted molar refractivity (Wildman–Crippen MR) is 71.2 cm³/mol. The Kier molecular flexibility index (Phi) is 4.14. The van der Waals surface area contributed by atoms with E-state index in [9.17, 15) is 0 Å². The summed E-state index contributed by atoms with van der Waals surface area (Å²) in [5.74, 6) is 1.60. The first-order valence-corrected chi connectivity index (χ1v) is 6.70. The second-order valence-electron chi connectivity index (χ2n) is 5.03. The van der Waals surface area contributed by atoms with E-state index in [2.05, 4.69) is 27.9 Å². The van der Waals surface area contributed by atoms with E-state index in [0.717, 1.165) is 11.7 Å². The maximum absolute atomic E-state index is 9.07. The molecule has 0 aliphatic heterocycles. The molecule has 2 rings (SSSR count). The number of hydrogen-bond acceptors (Lipinski definition) is 4. The average molecular weight is 244 g/mol. The Hall–Kier alpha value is -1.63. The van der Waals surface area contributed by atoms with Crippen molar-refractivity contribution in [2.24, 2.45) is 5.92 Å². The van der Waals surface area contributed by atoms with Crippen LogP contribution in [0.25, 0.3) is 0 Å². The second-order valence-corrected chi connectivity index (χ2v) is 5.03. The highest BCUT2D eigenvalue weighted by Crippen LogP contribution is 2.30. The van der Waals surface area contributed by atoms with Crippen LogP contribution in [-0.2, 0) is 0 Å². The Morgan fingerprint density at radius 1 is 1.28 bits per heavy atom. The van der Waals surface area contributed by atoms with Crippen LogP contribution in [0, 0.1) is 17.2 Å². The Morgan fingerprint density at radius 3 is 2.56 bits per heavy atom. The summed E-state index contributed by atoms with van der Waals surface area (Å²) in [5.41, 5.74) is 0.428. The van der Waals surface area contributed by atoms with Crippen LogP contribution in [0.4, 0.5) is 5.82 Å². The van der Waals surface area contributed by atoms with Crippen molar-refractivity contribution in [2.75, 3.05) is 11.9 Å². The van der Waals surface area contributed by atoms with Crippen molar-refractivity contribution in [3.63, 3.8) is 0 Å². The summed E-state index contributed by atoms with van der Waals surface area (Å²) >= 11 is 0. The van der Waals surface area contributed by atoms with Gasteiger partial charge in [-0.2, -0.15) is 5.26 Å². The molecule has 4 nitrogen and oxygen atoms in total. The van der Waals surface area contributed by atoms with Gasteiger partial charge in [0.25, 0.3) is 0 Å². The predicted octanol–water partition coefficient (Wildman–Crippen LogP) is 2.75. The van der Waals surface area contributed by atoms with E-state index in [1.54, 1.807) is 12.4 Å². The summed E-state index contributed by atoms with van der Waals surface area (Å²) in [6.45, 7) is 2.27. The van der Waals surface area contributed by atoms with Gasteiger partial charge in [-0.1, -0.05) is 13.3 Å². The van der Waals surface area contributed by atoms with Gasteiger partial charge in [0.2, 0.25) is 0 Å². The lowest BCUT2D eigenvalue weighted by Crippen LogP contribution is -2.36. The van der Waals surface area contributed by atoms with Crippen LogP contribution in [0.5, 0.6) is 0 Å². The Labute approximate surface area is 109 Å². The number of anilines is 1. The number of rotatable bonds is 3. The van der Waals surface area contributed by atoms with E-state index < -0.39 is 0 Å². The molecule has 0 bridgehead atoms. The zero-order valence-corrected chi connectivity index (χ0v) is 11.1. The zero-order valence-electron chi connectivity index (χ0n) is 11.1. The lowest BCUT2D eigenvalue weighted by molar-refractivity contribution is 0.312. The molecule has 4 heteroatoms. The highest BCUT2D eigenvalue weighted by Gasteiger charge is 2.25. The van der Waals surface area contributed by atoms with Crippen LogP contribution in [-0.4, -0.2) is 23.1 Å². The van der Waals surface area contributed by atoms with Crippen LogP contribution >= 0.6 is 0 Å². The summed E-state index contributed by atoms with van der Waals surface area (Å²) in [6, 6.07) is 2.62. The first-order chi connectivity index (χ1) is 8.76. The maximum atomic E-state index is 9.07. The quantitative estimate of drug-likeness (QED) is 0.820. The van der Waals surface area contributed by atoms with E-state index in [0.29, 0.717) is 11.7 Å². The minimum Gasteiger partial charge on any atom is -0.354 e. The molecule has 1 aliphatic rings. The molecular weight excluding hydrogens is 224 g/mol. The van der Waals surface area contributed by atoms with Gasteiger partial charge in [-0.05, 0) is 31.6 Å². The summed E-state index contributed by atoms with van der Waals surface area (Å²) in [7, 11) is 2.03. The molecule has 1 fully saturated rings. The Bertz CT molecular complexity index is 430. The van der Waals surface area contributed by atoms with Gasteiger partial charge in [0.15, 0.2) is 11.5 Å². The monoisotopic (exact) mass is 244 g/mol. The standard InChI is InChI=1S/C14H20N4/c1-3-11-4-6-12(7-5-11)18(2)14-13(10-15)16-8-9-17-14/h8-9,11-12H,3-7H2,1-2H3. The topological polar surface area (TPSA) is 52.8 Å². The van der Waals surface area contributed by atoms with Gasteiger partial charge in [-0.25, -0.2) is 9.97 Å². The molecule has 1 aliphatic carbocycles. The molecule has 1 saturated carbocycles. The van der Waals surface area contributed by atoms with E-state index in [1.165, 1.54) is 32.1 Å². The third-order valence-corrected chi connectivity index (χ3v) is 4.06. The number of nitriles is 1. The van der Waals surface area contributed by atoms with Gasteiger partial charge in [0.1, 0.15) is 6.07 Å². The van der Waals surface area contributed by atoms with Gasteiger partial charge in [0.05, 0.1) is 0 Å². The molecule has 0 unspecified atom stereocenters. The largest absolute Gasteiger partial charge is 0.354 e. The average Bonchev–Trinajstić information content (AvgIpc) is 2.46. The van der Waals surface area contributed by atoms with E-state index in [-0.39, 0.29) is 0 Å². The van der Waals surface area contributed by atoms with Crippen LogP contribution in [0.15, 0.2) is 12.4 Å². The first-order valence-electron chi connectivity index (χ1n) is 6.70. The smallest absolute Gasteiger partial charge is 0.183 e. The van der Waals surface area contributed by atoms with Gasteiger partial charge in [-0.15, -0.1) is 0 Å². The summed E-state index contributed by atoms with van der Waals surface area (Å²) in [4.78, 5) is 10.5. The van der Waals surface area contributed by atoms with Gasteiger partial charge in [0, 0.05) is 25.5 Å². The Balaban J connectivity index is 2.08. The Morgan fingerprint density at radius 2 is 1.94 bits per heavy atom. The first kappa shape index (κ1) is 12.8. The van der Waals surface area contributed by atoms with Crippen LogP contribution in [0.2, 0.25) is 0 Å². The molecular formula is C14H20N4. The summed E-state index contributed by atoms with van der Waals surface area (Å²) in [6.07, 6.45) is 9.47. The number of hydrogen-bond donors (Lipinski definition) is 0. The van der Waals surface area contributed by atoms with Crippen molar-refractivity contribution >= 4 is 5.82 Å². The molecule has 1 aromatic heterocycles. The number of aromatic nitrogens is 2. The SMILES string of the molecule is CCC1CCC(N(C)c2nccnc2C#N)CC1. The van der Waals surface area contributed by atoms with E-state index in [1.807, 2.05) is 7.05 Å². The highest BCUT2D eigenvalue weighted by molar-refractivity contribution is 5.49. The zero-order chi connectivity index (χ0) is 13.0. The lowest BCUT2D eigenvalue weighted by atomic mass is 9.84. The fourth-order valence-corrected chi connectivity index (χ4v) is 2.78. The number of nitrogens with zero attached hydrogens (tertiary/aromatic N) is 4. The lowest BCUT2D eigenvalue weighted by Gasteiger charge is -2.35. The van der Waals surface area contributed by atoms with E-state index >= 15 is 0 Å². The minimum atomic E-state index is 0.428. The molecule has 0 atom stereocenters. The molecule has 0 amide bonds. The second kappa shape index (κ2) is 5.81. The molecule has 1 aromatic rings. The fourth-order valence-electron chi connectivity index (χ4n) is 2.78. The van der Waals surface area contributed by atoms with Crippen molar-refractivity contribution < 1.29 is 0 Å². The van der Waals surface area contributed by atoms with Crippen molar-refractivity contribution in [3.05, 3.63) is 18.1 Å². The van der Waals surface area contributed by atoms with Crippen molar-refractivity contribution in [3.8, 4) is 6.07 Å². The van der Waals surface area contributed by atoms with Gasteiger partial charge in [-0.3, -0.25) is 0 Å². The molecule has 0 saturated heterocycles.